The van der Waals surface area contributed by atoms with Gasteiger partial charge in [0, 0.05) is 23.3 Å². The van der Waals surface area contributed by atoms with Gasteiger partial charge in [-0.05, 0) is 41.7 Å². The summed E-state index contributed by atoms with van der Waals surface area (Å²) in [6, 6.07) is 26.5. The lowest BCUT2D eigenvalue weighted by atomic mass is 9.74. The van der Waals surface area contributed by atoms with Crippen LogP contribution in [0.2, 0.25) is 0 Å². The number of allylic oxidation sites excluding steroid dienone is 1. The molecule has 4 heteroatoms. The summed E-state index contributed by atoms with van der Waals surface area (Å²) >= 11 is 0. The van der Waals surface area contributed by atoms with Crippen LogP contribution in [0.4, 0.5) is 11.4 Å². The number of carbonyl (C=O) groups excluding carboxylic acids is 2. The van der Waals surface area contributed by atoms with E-state index in [4.69, 9.17) is 0 Å². The lowest BCUT2D eigenvalue weighted by Crippen LogP contribution is -2.44. The molecule has 2 aliphatic rings. The van der Waals surface area contributed by atoms with Crippen LogP contribution in [0.3, 0.4) is 0 Å². The number of rotatable bonds is 3. The summed E-state index contributed by atoms with van der Waals surface area (Å²) in [5, 5.41) is 3.54. The van der Waals surface area contributed by atoms with Crippen LogP contribution in [0.15, 0.2) is 102 Å². The van der Waals surface area contributed by atoms with Gasteiger partial charge in [0.15, 0.2) is 5.78 Å². The zero-order valence-corrected chi connectivity index (χ0v) is 19.5. The molecule has 34 heavy (non-hydrogen) atoms. The smallest absolute Gasteiger partial charge is 0.259 e. The molecule has 4 nitrogen and oxygen atoms in total. The Balaban J connectivity index is 1.72. The number of para-hydroxylation sites is 2. The predicted octanol–water partition coefficient (Wildman–Crippen LogP) is 6.48. The van der Waals surface area contributed by atoms with Gasteiger partial charge in [-0.25, -0.2) is 0 Å². The van der Waals surface area contributed by atoms with Crippen LogP contribution in [0.25, 0.3) is 6.08 Å². The maximum Gasteiger partial charge on any atom is 0.259 e. The minimum Gasteiger partial charge on any atom is -0.357 e. The third-order valence-electron chi connectivity index (χ3n) is 6.45. The van der Waals surface area contributed by atoms with E-state index in [0.29, 0.717) is 17.6 Å². The Hall–Kier alpha value is -3.92. The number of fused-ring (bicyclic) bond motifs is 1. The summed E-state index contributed by atoms with van der Waals surface area (Å²) in [6.07, 6.45) is 5.19. The zero-order valence-electron chi connectivity index (χ0n) is 19.5. The van der Waals surface area contributed by atoms with E-state index in [2.05, 4.69) is 19.2 Å². The molecule has 0 fully saturated rings. The van der Waals surface area contributed by atoms with E-state index in [1.54, 1.807) is 4.90 Å². The fourth-order valence-corrected chi connectivity index (χ4v) is 4.92. The number of hydrogen-bond donors (Lipinski definition) is 1. The molecule has 0 saturated carbocycles. The molecular weight excluding hydrogens is 420 g/mol. The number of ketones is 1. The van der Waals surface area contributed by atoms with Gasteiger partial charge in [0.05, 0.1) is 17.4 Å². The van der Waals surface area contributed by atoms with E-state index >= 15 is 0 Å². The van der Waals surface area contributed by atoms with E-state index in [9.17, 15) is 9.59 Å². The number of nitrogens with one attached hydrogen (secondary N) is 1. The molecule has 0 radical (unpaired) electrons. The minimum absolute atomic E-state index is 0.0835. The number of nitrogens with zero attached hydrogens (tertiary/aromatic N) is 1. The van der Waals surface area contributed by atoms with Gasteiger partial charge in [0.1, 0.15) is 0 Å². The molecule has 1 unspecified atom stereocenters. The Labute approximate surface area is 200 Å². The highest BCUT2D eigenvalue weighted by Crippen LogP contribution is 2.44. The van der Waals surface area contributed by atoms with E-state index < -0.39 is 6.04 Å². The largest absolute Gasteiger partial charge is 0.357 e. The number of benzene rings is 3. The van der Waals surface area contributed by atoms with Gasteiger partial charge in [0.25, 0.3) is 5.91 Å². The number of hydrogen-bond acceptors (Lipinski definition) is 3. The van der Waals surface area contributed by atoms with Crippen LogP contribution >= 0.6 is 0 Å². The Morgan fingerprint density at radius 2 is 1.56 bits per heavy atom. The van der Waals surface area contributed by atoms with Crippen LogP contribution < -0.4 is 10.2 Å². The molecule has 1 amide bonds. The number of carbonyl (C=O) groups is 2. The molecule has 0 spiro atoms. The van der Waals surface area contributed by atoms with Gasteiger partial charge >= 0.3 is 0 Å². The number of Topliss-reactive ketones (excluding diaryl/α,β-unsaturated/α-hetero) is 1. The first-order valence-corrected chi connectivity index (χ1v) is 11.7. The molecular formula is C30H28N2O2. The summed E-state index contributed by atoms with van der Waals surface area (Å²) in [7, 11) is 0. The van der Waals surface area contributed by atoms with Crippen LogP contribution in [-0.4, -0.2) is 17.7 Å². The summed E-state index contributed by atoms with van der Waals surface area (Å²) < 4.78 is 0. The van der Waals surface area contributed by atoms with Crippen LogP contribution in [-0.2, 0) is 4.79 Å². The second-order valence-electron chi connectivity index (χ2n) is 9.73. The molecule has 1 N–H and O–H groups in total. The van der Waals surface area contributed by atoms with Gasteiger partial charge in [-0.15, -0.1) is 0 Å². The summed E-state index contributed by atoms with van der Waals surface area (Å²) in [5.41, 5.74) is 4.63. The van der Waals surface area contributed by atoms with Crippen molar-refractivity contribution in [1.29, 1.82) is 0 Å². The monoisotopic (exact) mass is 448 g/mol. The van der Waals surface area contributed by atoms with Crippen molar-refractivity contribution in [2.45, 2.75) is 32.7 Å². The molecule has 5 rings (SSSR count). The minimum atomic E-state index is -0.525. The van der Waals surface area contributed by atoms with Crippen molar-refractivity contribution in [2.24, 2.45) is 5.41 Å². The molecule has 1 atom stereocenters. The van der Waals surface area contributed by atoms with Gasteiger partial charge in [0.2, 0.25) is 0 Å². The molecule has 170 valence electrons. The van der Waals surface area contributed by atoms with Gasteiger partial charge in [-0.1, -0.05) is 86.7 Å². The first kappa shape index (κ1) is 21.9. The average molecular weight is 449 g/mol. The van der Waals surface area contributed by atoms with E-state index in [1.807, 2.05) is 97.1 Å². The van der Waals surface area contributed by atoms with Gasteiger partial charge in [-0.2, -0.15) is 0 Å². The maximum absolute atomic E-state index is 14.0. The fraction of sp³-hybridized carbons (Fsp3) is 0.200. The van der Waals surface area contributed by atoms with Crippen molar-refractivity contribution in [2.75, 3.05) is 10.2 Å². The highest BCUT2D eigenvalue weighted by atomic mass is 16.2. The van der Waals surface area contributed by atoms with Crippen molar-refractivity contribution >= 4 is 29.1 Å². The SMILES string of the molecule is CC1(C)CC(=O)C2=C(C1)Nc1ccccc1N(C(=O)c1ccccc1)C2/C=C/c1ccccc1. The van der Waals surface area contributed by atoms with Crippen molar-refractivity contribution in [3.8, 4) is 0 Å². The second kappa shape index (κ2) is 8.79. The van der Waals surface area contributed by atoms with Crippen molar-refractivity contribution in [3.05, 3.63) is 113 Å². The van der Waals surface area contributed by atoms with E-state index in [-0.39, 0.29) is 17.1 Å². The first-order valence-electron chi connectivity index (χ1n) is 11.7. The Kier molecular flexibility index (Phi) is 5.66. The summed E-state index contributed by atoms with van der Waals surface area (Å²) in [4.78, 5) is 29.4. The van der Waals surface area contributed by atoms with Gasteiger partial charge < -0.3 is 5.32 Å². The Morgan fingerprint density at radius 3 is 2.29 bits per heavy atom. The Bertz CT molecular complexity index is 1290. The highest BCUT2D eigenvalue weighted by molar-refractivity contribution is 6.12. The molecule has 1 heterocycles. The third-order valence-corrected chi connectivity index (χ3v) is 6.45. The molecule has 0 bridgehead atoms. The summed E-state index contributed by atoms with van der Waals surface area (Å²) in [6.45, 7) is 4.24. The highest BCUT2D eigenvalue weighted by Gasteiger charge is 2.41. The average Bonchev–Trinajstić information content (AvgIpc) is 2.96. The quantitative estimate of drug-likeness (QED) is 0.499. The maximum atomic E-state index is 14.0. The Morgan fingerprint density at radius 1 is 0.912 bits per heavy atom. The molecule has 1 aliphatic carbocycles. The molecule has 3 aromatic carbocycles. The second-order valence-corrected chi connectivity index (χ2v) is 9.73. The van der Waals surface area contributed by atoms with E-state index in [0.717, 1.165) is 29.1 Å². The summed E-state index contributed by atoms with van der Waals surface area (Å²) in [5.74, 6) is -0.0518. The molecule has 3 aromatic rings. The first-order chi connectivity index (χ1) is 16.4. The third kappa shape index (κ3) is 4.19. The number of anilines is 2. The van der Waals surface area contributed by atoms with Crippen LogP contribution in [0.5, 0.6) is 0 Å². The lowest BCUT2D eigenvalue weighted by Gasteiger charge is -2.35. The number of amides is 1. The van der Waals surface area contributed by atoms with Crippen LogP contribution in [0.1, 0.15) is 42.6 Å². The van der Waals surface area contributed by atoms with Crippen molar-refractivity contribution < 1.29 is 9.59 Å². The topological polar surface area (TPSA) is 49.4 Å². The van der Waals surface area contributed by atoms with E-state index in [1.165, 1.54) is 0 Å². The van der Waals surface area contributed by atoms with Crippen LogP contribution in [0, 0.1) is 5.41 Å². The standard InChI is InChI=1S/C30H28N2O2/c1-30(2)19-24-28(27(33)20-30)26(18-17-21-11-5-3-6-12-21)32(25-16-10-9-15-23(25)31-24)29(34)22-13-7-4-8-14-22/h3-18,26,31H,19-20H2,1-2H3/b18-17+. The zero-order chi connectivity index (χ0) is 23.7. The fourth-order valence-electron chi connectivity index (χ4n) is 4.92. The van der Waals surface area contributed by atoms with Crippen molar-refractivity contribution in [1.82, 2.24) is 0 Å². The lowest BCUT2D eigenvalue weighted by molar-refractivity contribution is -0.118. The molecule has 0 saturated heterocycles. The normalized spacial score (nSPS) is 19.3. The molecule has 1 aliphatic heterocycles. The van der Waals surface area contributed by atoms with Gasteiger partial charge in [-0.3, -0.25) is 14.5 Å². The van der Waals surface area contributed by atoms with Crippen molar-refractivity contribution in [3.63, 3.8) is 0 Å². The predicted molar refractivity (Wildman–Crippen MR) is 138 cm³/mol. The molecule has 0 aromatic heterocycles.